The molecule has 18 rings (SSSR count). The molecule has 0 radical (unpaired) electrons. The molecule has 28 nitrogen and oxygen atoms in total. The van der Waals surface area contributed by atoms with Gasteiger partial charge in [-0.05, 0) is 215 Å². The van der Waals surface area contributed by atoms with Crippen LogP contribution in [0.1, 0.15) is 157 Å². The lowest BCUT2D eigenvalue weighted by molar-refractivity contribution is 0.240. The van der Waals surface area contributed by atoms with Crippen molar-refractivity contribution in [3.63, 3.8) is 0 Å². The zero-order chi connectivity index (χ0) is 98.1. The second-order valence-corrected chi connectivity index (χ2v) is 37.3. The number of urea groups is 3. The Labute approximate surface area is 817 Å². The fraction of sp³-hybridized carbons (Fsp3) is 0.378. The Hall–Kier alpha value is -14.4. The molecular weight excluding hydrogens is 1750 g/mol. The molecule has 6 aliphatic rings. The first kappa shape index (κ1) is 97.7. The number of piperazine rings is 1. The number of fused-ring (bicyclic) bond motifs is 3. The molecule has 726 valence electrons. The number of hydrogen-bond donors (Lipinski definition) is 0. The Kier molecular flexibility index (Phi) is 30.3. The highest BCUT2D eigenvalue weighted by Gasteiger charge is 2.42. The molecule has 3 saturated heterocycles. The van der Waals surface area contributed by atoms with Gasteiger partial charge in [-0.25, -0.2) is 59.0 Å². The number of rotatable bonds is 26. The second-order valence-electron chi connectivity index (χ2n) is 37.3. The highest BCUT2D eigenvalue weighted by molar-refractivity contribution is 6.14. The van der Waals surface area contributed by atoms with Crippen LogP contribution in [-0.2, 0) is 38.9 Å². The van der Waals surface area contributed by atoms with Crippen molar-refractivity contribution in [3.8, 4) is 51.7 Å². The van der Waals surface area contributed by atoms with Gasteiger partial charge in [0.05, 0.1) is 116 Å². The van der Waals surface area contributed by atoms with Crippen LogP contribution in [0.5, 0.6) is 51.7 Å². The van der Waals surface area contributed by atoms with Gasteiger partial charge >= 0.3 is 18.1 Å². The summed E-state index contributed by atoms with van der Waals surface area (Å²) in [4.78, 5) is 93.2. The summed E-state index contributed by atoms with van der Waals surface area (Å²) in [7, 11) is 13.4. The third-order valence-corrected chi connectivity index (χ3v) is 26.8. The average molecular weight is 1880 g/mol. The third kappa shape index (κ3) is 21.2. The van der Waals surface area contributed by atoms with Gasteiger partial charge in [0.15, 0.2) is 0 Å². The number of hydrogen-bond acceptors (Lipinski definition) is 22. The summed E-state index contributed by atoms with van der Waals surface area (Å²) in [6.07, 6.45) is 13.0. The van der Waals surface area contributed by atoms with E-state index in [0.29, 0.717) is 125 Å². The maximum Gasteiger partial charge on any atom is 0.335 e. The molecule has 0 spiro atoms. The molecule has 0 aliphatic carbocycles. The minimum absolute atomic E-state index is 0.00692. The quantitative estimate of drug-likeness (QED) is 0.0489. The van der Waals surface area contributed by atoms with Crippen LogP contribution in [0.25, 0.3) is 0 Å². The standard InChI is InChI=1S/C38H45N5O4.C37H44N6O4.C36H41N5O4/c1-24(2)47-33-21-32(41-16-9-8-10-17-41)27(5)18-28(33)19-35-39-22-29-23-42(36-25(3)12-11-13-26(36)4)38(44)43(37(29)40-35)31-15-14-30(45-6)20-34(31)46-7;1-24(2)47-32-20-29(41-17-15-40(5)16-18-41)12-11-27(32)19-34-38-22-28-23-42(35-25(3)9-8-10-26(35)4)37(44)43(36(28)39-34)31-14-13-30(45-6)21-33(31)46-7;1-23-14-16-39(17-15-23)28-11-10-26(31(19-28)44-5)18-33-37-21-27-22-40(34-24(2)8-7-9-25(34)3)36(42)41(35(27)38-33)30-13-12-29(43-4)20-32(30)45-6/h11-15,18,20-22,24H,8-10,16-17,19,23H2,1-7H3;8-14,20-22,24H,15-19,23H2,1-7H3;7-13,19-21,23H,14-18,22H2,1-6H3. The van der Waals surface area contributed by atoms with E-state index >= 15 is 0 Å². The number of nitrogens with zero attached hydrogens (tertiary/aromatic N) is 16. The lowest BCUT2D eigenvalue weighted by Crippen LogP contribution is -2.46. The predicted octanol–water partition coefficient (Wildman–Crippen LogP) is 21.8. The van der Waals surface area contributed by atoms with Gasteiger partial charge in [0.1, 0.15) is 86.7 Å². The Morgan fingerprint density at radius 2 is 0.683 bits per heavy atom. The van der Waals surface area contributed by atoms with Crippen LogP contribution in [0.2, 0.25) is 0 Å². The molecule has 3 aromatic heterocycles. The maximum atomic E-state index is 14.6. The summed E-state index contributed by atoms with van der Waals surface area (Å²) < 4.78 is 52.3. The molecule has 0 atom stereocenters. The smallest absolute Gasteiger partial charge is 0.335 e. The number of ether oxygens (including phenoxy) is 9. The fourth-order valence-electron chi connectivity index (χ4n) is 19.5. The molecule has 9 heterocycles. The minimum atomic E-state index is -0.219. The van der Waals surface area contributed by atoms with Crippen molar-refractivity contribution in [1.29, 1.82) is 0 Å². The van der Waals surface area contributed by atoms with Crippen molar-refractivity contribution in [1.82, 2.24) is 34.8 Å². The number of aromatic nitrogens is 6. The number of carbonyl (C=O) groups excluding carboxylic acids is 3. The molecule has 0 saturated carbocycles. The molecule has 6 amide bonds. The van der Waals surface area contributed by atoms with Gasteiger partial charge in [0.25, 0.3) is 0 Å². The van der Waals surface area contributed by atoms with Crippen LogP contribution >= 0.6 is 0 Å². The molecule has 0 unspecified atom stereocenters. The molecule has 0 bridgehead atoms. The molecule has 9 aromatic carbocycles. The predicted molar refractivity (Wildman–Crippen MR) is 551 cm³/mol. The summed E-state index contributed by atoms with van der Waals surface area (Å²) in [5.74, 6) is 10.0. The summed E-state index contributed by atoms with van der Waals surface area (Å²) in [6.45, 7) is 34.1. The molecule has 28 heteroatoms. The molecule has 0 N–H and O–H groups in total. The minimum Gasteiger partial charge on any atom is -0.497 e. The van der Waals surface area contributed by atoms with E-state index in [4.69, 9.17) is 72.5 Å². The Morgan fingerprint density at radius 3 is 1.04 bits per heavy atom. The van der Waals surface area contributed by atoms with Gasteiger partial charge in [0, 0.05) is 177 Å². The third-order valence-electron chi connectivity index (χ3n) is 26.8. The van der Waals surface area contributed by atoms with Crippen LogP contribution in [0, 0.1) is 54.4 Å². The summed E-state index contributed by atoms with van der Waals surface area (Å²) >= 11 is 0. The average Bonchev–Trinajstić information content (AvgIpc) is 0.420. The number of likely N-dealkylation sites (N-methyl/N-ethyl adjacent to an activating group) is 1. The lowest BCUT2D eigenvalue weighted by Gasteiger charge is -2.37. The number of methoxy groups -OCH3 is 7. The number of benzene rings is 9. The van der Waals surface area contributed by atoms with Gasteiger partial charge in [-0.15, -0.1) is 0 Å². The van der Waals surface area contributed by atoms with Crippen molar-refractivity contribution >= 4 is 86.7 Å². The van der Waals surface area contributed by atoms with Gasteiger partial charge in [-0.2, -0.15) is 0 Å². The first-order chi connectivity index (χ1) is 67.1. The fourth-order valence-corrected chi connectivity index (χ4v) is 19.5. The zero-order valence-electron chi connectivity index (χ0n) is 84.0. The highest BCUT2D eigenvalue weighted by atomic mass is 16.5. The summed E-state index contributed by atoms with van der Waals surface area (Å²) in [5.41, 5.74) is 20.7. The van der Waals surface area contributed by atoms with E-state index in [0.717, 1.165) is 165 Å². The van der Waals surface area contributed by atoms with Gasteiger partial charge in [-0.3, -0.25) is 14.7 Å². The number of anilines is 12. The summed E-state index contributed by atoms with van der Waals surface area (Å²) in [5, 5.41) is 0. The second kappa shape index (κ2) is 43.1. The zero-order valence-corrected chi connectivity index (χ0v) is 84.0. The first-order valence-corrected chi connectivity index (χ1v) is 48.1. The van der Waals surface area contributed by atoms with E-state index in [1.807, 2.05) is 179 Å². The largest absolute Gasteiger partial charge is 0.497 e. The lowest BCUT2D eigenvalue weighted by atomic mass is 9.98. The van der Waals surface area contributed by atoms with E-state index in [1.165, 1.54) is 49.0 Å². The molecule has 12 aromatic rings. The van der Waals surface area contributed by atoms with Crippen molar-refractivity contribution in [3.05, 3.63) is 266 Å². The number of piperidine rings is 2. The van der Waals surface area contributed by atoms with Crippen molar-refractivity contribution in [2.75, 3.05) is 153 Å². The van der Waals surface area contributed by atoms with Crippen LogP contribution in [0.15, 0.2) is 176 Å². The monoisotopic (exact) mass is 1880 g/mol. The molecule has 139 heavy (non-hydrogen) atoms. The van der Waals surface area contributed by atoms with Crippen molar-refractivity contribution in [2.45, 2.75) is 166 Å². The SMILES string of the molecule is COc1ccc(N2C(=O)N(c3c(C)cccc3C)Cc3cnc(Cc4cc(C)c(N5CCCCC5)cc4OC(C)C)nc32)c(OC)c1.COc1ccc(N2C(=O)N(c3c(C)cccc3C)Cc3cnc(Cc4ccc(N5CCC(C)CC5)cc4OC)nc32)c(OC)c1.COc1ccc(N2C(=O)N(c3c(C)cccc3C)Cc3cnc(Cc4ccc(N5CCN(C)CC5)cc4OC(C)C)nc32)c(OC)c1. The molecule has 6 aliphatic heterocycles. The molecular formula is C111H130N16O12. The number of amides is 6. The number of para-hydroxylation sites is 3. The van der Waals surface area contributed by atoms with Crippen LogP contribution in [0.3, 0.4) is 0 Å². The van der Waals surface area contributed by atoms with Gasteiger partial charge in [-0.1, -0.05) is 73.7 Å². The molecule has 3 fully saturated rings. The van der Waals surface area contributed by atoms with Crippen molar-refractivity contribution < 1.29 is 57.0 Å². The Bertz CT molecular complexity index is 6430. The maximum absolute atomic E-state index is 14.6. The van der Waals surface area contributed by atoms with Gasteiger partial charge in [0.2, 0.25) is 0 Å². The van der Waals surface area contributed by atoms with Crippen LogP contribution in [-0.4, -0.2) is 174 Å². The number of aryl methyl sites for hydroxylation is 7. The first-order valence-electron chi connectivity index (χ1n) is 48.1. The van der Waals surface area contributed by atoms with Gasteiger partial charge < -0.3 is 62.2 Å². The van der Waals surface area contributed by atoms with E-state index in [-0.39, 0.29) is 30.3 Å². The van der Waals surface area contributed by atoms with Crippen LogP contribution in [0.4, 0.5) is 83.0 Å². The topological polar surface area (TPSA) is 244 Å². The Morgan fingerprint density at radius 1 is 0.338 bits per heavy atom. The van der Waals surface area contributed by atoms with Crippen molar-refractivity contribution in [2.24, 2.45) is 5.92 Å². The van der Waals surface area contributed by atoms with E-state index in [9.17, 15) is 14.4 Å². The Balaban J connectivity index is 0.000000151. The normalized spacial score (nSPS) is 15.1. The number of carbonyl (C=O) groups is 3. The summed E-state index contributed by atoms with van der Waals surface area (Å²) in [6, 6.07) is 51.0. The van der Waals surface area contributed by atoms with E-state index in [2.05, 4.69) is 89.0 Å². The van der Waals surface area contributed by atoms with E-state index < -0.39 is 0 Å². The van der Waals surface area contributed by atoms with Crippen LogP contribution < -0.4 is 86.7 Å². The highest BCUT2D eigenvalue weighted by Crippen LogP contribution is 2.49. The van der Waals surface area contributed by atoms with E-state index in [1.54, 1.807) is 97.4 Å².